The van der Waals surface area contributed by atoms with Crippen molar-refractivity contribution >= 4 is 11.9 Å². The summed E-state index contributed by atoms with van der Waals surface area (Å²) in [5.41, 5.74) is 13.0. The highest BCUT2D eigenvalue weighted by Crippen LogP contribution is 2.37. The Bertz CT molecular complexity index is 663. The molecule has 1 aliphatic carbocycles. The molecule has 3 heteroatoms. The molecular formula is C24H38N2S. The summed E-state index contributed by atoms with van der Waals surface area (Å²) in [6.45, 7) is 13.1. The molecule has 0 heterocycles. The van der Waals surface area contributed by atoms with Crippen LogP contribution in [0.5, 0.6) is 0 Å². The highest BCUT2D eigenvalue weighted by atomic mass is 32.2. The van der Waals surface area contributed by atoms with Gasteiger partial charge in [-0.15, -0.1) is 0 Å². The third-order valence-corrected chi connectivity index (χ3v) is 6.86. The third kappa shape index (κ3) is 6.15. The second-order valence-electron chi connectivity index (χ2n) is 7.98. The number of aryl methyl sites for hydroxylation is 1. The van der Waals surface area contributed by atoms with Gasteiger partial charge in [-0.3, -0.25) is 0 Å². The maximum atomic E-state index is 6.13. The minimum absolute atomic E-state index is 0.00783. The molecule has 0 saturated heterocycles. The number of allylic oxidation sites excluding steroid dienone is 2. The number of hydrogen-bond acceptors (Lipinski definition) is 3. The smallest absolute Gasteiger partial charge is 0.0444 e. The lowest BCUT2D eigenvalue weighted by atomic mass is 9.83. The van der Waals surface area contributed by atoms with E-state index >= 15 is 0 Å². The number of nitrogens with two attached hydrogens (primary N) is 1. The Morgan fingerprint density at radius 3 is 2.74 bits per heavy atom. The Balaban J connectivity index is 2.28. The molecule has 0 radical (unpaired) electrons. The molecule has 2 rings (SSSR count). The molecule has 27 heavy (non-hydrogen) atoms. The fourth-order valence-corrected chi connectivity index (χ4v) is 4.82. The number of unbranched alkanes of at least 4 members (excludes halogenated alkanes) is 2. The normalized spacial score (nSPS) is 18.1. The van der Waals surface area contributed by atoms with Crippen LogP contribution in [0.1, 0.15) is 88.3 Å². The largest absolute Gasteiger partial charge is 0.328 e. The first-order valence-corrected chi connectivity index (χ1v) is 11.5. The topological polar surface area (TPSA) is 38.0 Å². The molecule has 0 saturated carbocycles. The molecular weight excluding hydrogens is 348 g/mol. The minimum atomic E-state index is 0.00783. The molecule has 3 N–H and O–H groups in total. The van der Waals surface area contributed by atoms with E-state index in [1.165, 1.54) is 65.7 Å². The van der Waals surface area contributed by atoms with Crippen LogP contribution in [-0.2, 0) is 6.42 Å². The molecule has 1 aromatic rings. The SMILES string of the molecule is C=C(NSc1c(CCCCC)ccc(C2C=C(C)CCC2)c1C)C(N)CC. The zero-order chi connectivity index (χ0) is 19.8. The summed E-state index contributed by atoms with van der Waals surface area (Å²) >= 11 is 1.71. The van der Waals surface area contributed by atoms with Gasteiger partial charge < -0.3 is 10.5 Å². The molecule has 1 aromatic carbocycles. The molecule has 0 fully saturated rings. The van der Waals surface area contributed by atoms with Crippen LogP contribution in [-0.4, -0.2) is 6.04 Å². The van der Waals surface area contributed by atoms with Crippen molar-refractivity contribution in [2.24, 2.45) is 5.73 Å². The molecule has 0 amide bonds. The second kappa shape index (κ2) is 11.0. The van der Waals surface area contributed by atoms with Crippen LogP contribution < -0.4 is 10.5 Å². The minimum Gasteiger partial charge on any atom is -0.328 e. The van der Waals surface area contributed by atoms with Crippen LogP contribution in [0.4, 0.5) is 0 Å². The van der Waals surface area contributed by atoms with Gasteiger partial charge >= 0.3 is 0 Å². The van der Waals surface area contributed by atoms with Crippen molar-refractivity contribution in [2.75, 3.05) is 0 Å². The summed E-state index contributed by atoms with van der Waals surface area (Å²) in [6.07, 6.45) is 12.1. The Morgan fingerprint density at radius 1 is 1.30 bits per heavy atom. The van der Waals surface area contributed by atoms with E-state index in [1.807, 2.05) is 0 Å². The fourth-order valence-electron chi connectivity index (χ4n) is 3.86. The fraction of sp³-hybridized carbons (Fsp3) is 0.583. The lowest BCUT2D eigenvalue weighted by molar-refractivity contribution is 0.628. The number of nitrogens with one attached hydrogen (secondary N) is 1. The molecule has 0 bridgehead atoms. The third-order valence-electron chi connectivity index (χ3n) is 5.72. The molecule has 0 spiro atoms. The van der Waals surface area contributed by atoms with Gasteiger partial charge in [0.15, 0.2) is 0 Å². The maximum absolute atomic E-state index is 6.13. The first-order chi connectivity index (χ1) is 13.0. The van der Waals surface area contributed by atoms with Crippen LogP contribution in [0, 0.1) is 6.92 Å². The summed E-state index contributed by atoms with van der Waals surface area (Å²) in [5, 5.41) is 0. The molecule has 2 atom stereocenters. The van der Waals surface area contributed by atoms with E-state index in [9.17, 15) is 0 Å². The Labute approximate surface area is 171 Å². The highest BCUT2D eigenvalue weighted by molar-refractivity contribution is 7.97. The number of hydrogen-bond donors (Lipinski definition) is 2. The monoisotopic (exact) mass is 386 g/mol. The van der Waals surface area contributed by atoms with Crippen molar-refractivity contribution in [3.05, 3.63) is 52.7 Å². The average Bonchev–Trinajstić information content (AvgIpc) is 2.66. The van der Waals surface area contributed by atoms with Gasteiger partial charge in [0.2, 0.25) is 0 Å². The van der Waals surface area contributed by atoms with Gasteiger partial charge in [-0.1, -0.05) is 57.0 Å². The second-order valence-corrected chi connectivity index (χ2v) is 8.80. The van der Waals surface area contributed by atoms with Crippen molar-refractivity contribution in [1.82, 2.24) is 4.72 Å². The molecule has 2 nitrogen and oxygen atoms in total. The maximum Gasteiger partial charge on any atom is 0.0444 e. The summed E-state index contributed by atoms with van der Waals surface area (Å²) in [7, 11) is 0. The Morgan fingerprint density at radius 2 is 2.07 bits per heavy atom. The van der Waals surface area contributed by atoms with E-state index in [1.54, 1.807) is 11.9 Å². The van der Waals surface area contributed by atoms with Crippen molar-refractivity contribution in [3.63, 3.8) is 0 Å². The number of benzene rings is 1. The van der Waals surface area contributed by atoms with Crippen molar-refractivity contribution in [2.45, 2.75) is 95.9 Å². The molecule has 0 aromatic heterocycles. The predicted octanol–water partition coefficient (Wildman–Crippen LogP) is 6.79. The van der Waals surface area contributed by atoms with E-state index < -0.39 is 0 Å². The zero-order valence-electron chi connectivity index (χ0n) is 17.7. The Hall–Kier alpha value is -1.19. The van der Waals surface area contributed by atoms with E-state index in [2.05, 4.69) is 57.2 Å². The summed E-state index contributed by atoms with van der Waals surface area (Å²) in [4.78, 5) is 1.38. The van der Waals surface area contributed by atoms with Gasteiger partial charge in [-0.2, -0.15) is 0 Å². The summed E-state index contributed by atoms with van der Waals surface area (Å²) in [6, 6.07) is 4.75. The molecule has 1 aliphatic rings. The zero-order valence-corrected chi connectivity index (χ0v) is 18.6. The quantitative estimate of drug-likeness (QED) is 0.264. The highest BCUT2D eigenvalue weighted by Gasteiger charge is 2.19. The lowest BCUT2D eigenvalue weighted by Crippen LogP contribution is -2.27. The van der Waals surface area contributed by atoms with Gasteiger partial charge in [0, 0.05) is 22.6 Å². The molecule has 150 valence electrons. The van der Waals surface area contributed by atoms with Gasteiger partial charge in [0.1, 0.15) is 0 Å². The van der Waals surface area contributed by atoms with Crippen molar-refractivity contribution < 1.29 is 0 Å². The number of rotatable bonds is 10. The lowest BCUT2D eigenvalue weighted by Gasteiger charge is -2.25. The van der Waals surface area contributed by atoms with Crippen LogP contribution in [0.15, 0.2) is 41.0 Å². The van der Waals surface area contributed by atoms with E-state index in [0.717, 1.165) is 18.5 Å². The van der Waals surface area contributed by atoms with Gasteiger partial charge in [0.25, 0.3) is 0 Å². The van der Waals surface area contributed by atoms with E-state index in [-0.39, 0.29) is 6.04 Å². The molecule has 0 aliphatic heterocycles. The van der Waals surface area contributed by atoms with Gasteiger partial charge in [-0.05, 0) is 81.0 Å². The van der Waals surface area contributed by atoms with Crippen molar-refractivity contribution in [1.29, 1.82) is 0 Å². The van der Waals surface area contributed by atoms with Crippen LogP contribution in [0.2, 0.25) is 0 Å². The van der Waals surface area contributed by atoms with Gasteiger partial charge in [0.05, 0.1) is 0 Å². The summed E-state index contributed by atoms with van der Waals surface area (Å²) < 4.78 is 3.44. The Kier molecular flexibility index (Phi) is 8.98. The van der Waals surface area contributed by atoms with Gasteiger partial charge in [-0.25, -0.2) is 0 Å². The summed E-state index contributed by atoms with van der Waals surface area (Å²) in [5.74, 6) is 0.559. The standard InChI is InChI=1S/C24H38N2S/c1-6-8-9-12-20-14-15-22(21-13-10-11-17(3)16-21)18(4)24(20)27-26-19(5)23(25)7-2/h14-16,21,23,26H,5-13,25H2,1-4H3. The first-order valence-electron chi connectivity index (χ1n) is 10.6. The average molecular weight is 387 g/mol. The van der Waals surface area contributed by atoms with E-state index in [4.69, 9.17) is 5.73 Å². The first kappa shape index (κ1) is 22.1. The van der Waals surface area contributed by atoms with Crippen molar-refractivity contribution in [3.8, 4) is 0 Å². The van der Waals surface area contributed by atoms with E-state index in [0.29, 0.717) is 5.92 Å². The van der Waals surface area contributed by atoms with Crippen LogP contribution in [0.3, 0.4) is 0 Å². The predicted molar refractivity (Wildman–Crippen MR) is 121 cm³/mol. The van der Waals surface area contributed by atoms with Crippen LogP contribution >= 0.6 is 11.9 Å². The molecule has 2 unspecified atom stereocenters. The van der Waals surface area contributed by atoms with Crippen LogP contribution in [0.25, 0.3) is 0 Å².